The maximum atomic E-state index is 12.2. The van der Waals surface area contributed by atoms with Crippen LogP contribution in [0.4, 0.5) is 0 Å². The van der Waals surface area contributed by atoms with Gasteiger partial charge in [-0.05, 0) is 42.8 Å². The molecule has 110 valence electrons. The minimum absolute atomic E-state index is 0.0754. The molecule has 1 N–H and O–H groups in total. The Morgan fingerprint density at radius 2 is 1.95 bits per heavy atom. The highest BCUT2D eigenvalue weighted by Gasteiger charge is 2.06. The third kappa shape index (κ3) is 3.23. The monoisotopic (exact) mass is 291 g/mol. The van der Waals surface area contributed by atoms with E-state index in [1.54, 1.807) is 10.9 Å². The molecule has 22 heavy (non-hydrogen) atoms. The molecule has 0 saturated carbocycles. The highest BCUT2D eigenvalue weighted by atomic mass is 16.1. The number of carbonyl (C=O) groups is 1. The van der Waals surface area contributed by atoms with Gasteiger partial charge in [-0.3, -0.25) is 4.79 Å². The third-order valence-electron chi connectivity index (χ3n) is 3.43. The maximum Gasteiger partial charge on any atom is 0.251 e. The molecule has 4 heteroatoms. The van der Waals surface area contributed by atoms with Gasteiger partial charge in [0.2, 0.25) is 0 Å². The van der Waals surface area contributed by atoms with Crippen LogP contribution in [0.5, 0.6) is 0 Å². The minimum Gasteiger partial charge on any atom is -0.348 e. The molecule has 3 rings (SSSR count). The second-order valence-corrected chi connectivity index (χ2v) is 5.17. The first-order valence-electron chi connectivity index (χ1n) is 7.16. The number of nitrogens with zero attached hydrogens (tertiary/aromatic N) is 2. The molecule has 1 amide bonds. The lowest BCUT2D eigenvalue weighted by Crippen LogP contribution is -2.22. The van der Waals surface area contributed by atoms with Crippen LogP contribution in [-0.2, 0) is 6.54 Å². The SMILES string of the molecule is Cc1cccc(CNC(=O)c2ccc(-n3cccn3)cc2)c1. The van der Waals surface area contributed by atoms with Crippen LogP contribution in [0.15, 0.2) is 67.0 Å². The van der Waals surface area contributed by atoms with Gasteiger partial charge in [0.1, 0.15) is 0 Å². The first-order valence-corrected chi connectivity index (χ1v) is 7.16. The Kier molecular flexibility index (Phi) is 4.01. The Morgan fingerprint density at radius 3 is 2.64 bits per heavy atom. The summed E-state index contributed by atoms with van der Waals surface area (Å²) in [5.74, 6) is -0.0754. The lowest BCUT2D eigenvalue weighted by atomic mass is 10.1. The number of nitrogens with one attached hydrogen (secondary N) is 1. The van der Waals surface area contributed by atoms with E-state index in [1.807, 2.05) is 61.7 Å². The van der Waals surface area contributed by atoms with Crippen molar-refractivity contribution in [3.05, 3.63) is 83.7 Å². The van der Waals surface area contributed by atoms with E-state index < -0.39 is 0 Å². The topological polar surface area (TPSA) is 46.9 Å². The van der Waals surface area contributed by atoms with Crippen molar-refractivity contribution in [3.8, 4) is 5.69 Å². The van der Waals surface area contributed by atoms with E-state index in [0.29, 0.717) is 12.1 Å². The van der Waals surface area contributed by atoms with E-state index in [0.717, 1.165) is 11.3 Å². The van der Waals surface area contributed by atoms with Crippen molar-refractivity contribution in [2.75, 3.05) is 0 Å². The molecule has 0 bridgehead atoms. The molecule has 0 atom stereocenters. The molecule has 3 aromatic rings. The molecule has 1 aromatic heterocycles. The van der Waals surface area contributed by atoms with Crippen molar-refractivity contribution in [1.29, 1.82) is 0 Å². The molecule has 2 aromatic carbocycles. The molecule has 0 saturated heterocycles. The number of rotatable bonds is 4. The largest absolute Gasteiger partial charge is 0.348 e. The maximum absolute atomic E-state index is 12.2. The Hall–Kier alpha value is -2.88. The lowest BCUT2D eigenvalue weighted by Gasteiger charge is -2.07. The average molecular weight is 291 g/mol. The van der Waals surface area contributed by atoms with Crippen LogP contribution in [0.1, 0.15) is 21.5 Å². The van der Waals surface area contributed by atoms with Gasteiger partial charge in [-0.2, -0.15) is 5.10 Å². The fourth-order valence-electron chi connectivity index (χ4n) is 2.29. The van der Waals surface area contributed by atoms with Crippen LogP contribution in [0.25, 0.3) is 5.69 Å². The third-order valence-corrected chi connectivity index (χ3v) is 3.43. The molecule has 0 aliphatic carbocycles. The summed E-state index contributed by atoms with van der Waals surface area (Å²) in [4.78, 5) is 12.2. The fraction of sp³-hybridized carbons (Fsp3) is 0.111. The number of hydrogen-bond acceptors (Lipinski definition) is 2. The zero-order chi connectivity index (χ0) is 15.4. The van der Waals surface area contributed by atoms with Crippen LogP contribution in [-0.4, -0.2) is 15.7 Å². The van der Waals surface area contributed by atoms with Gasteiger partial charge in [0, 0.05) is 24.5 Å². The van der Waals surface area contributed by atoms with Crippen molar-refractivity contribution in [2.45, 2.75) is 13.5 Å². The average Bonchev–Trinajstić information content (AvgIpc) is 3.07. The van der Waals surface area contributed by atoms with E-state index in [4.69, 9.17) is 0 Å². The van der Waals surface area contributed by atoms with Crippen LogP contribution in [0.3, 0.4) is 0 Å². The molecule has 0 fully saturated rings. The van der Waals surface area contributed by atoms with Gasteiger partial charge in [-0.25, -0.2) is 4.68 Å². The van der Waals surface area contributed by atoms with Gasteiger partial charge in [0.25, 0.3) is 5.91 Å². The van der Waals surface area contributed by atoms with Crippen LogP contribution >= 0.6 is 0 Å². The molecule has 0 aliphatic heterocycles. The van der Waals surface area contributed by atoms with Crippen LogP contribution < -0.4 is 5.32 Å². The summed E-state index contributed by atoms with van der Waals surface area (Å²) in [6, 6.07) is 17.4. The molecular formula is C18H17N3O. The number of carbonyl (C=O) groups excluding carboxylic acids is 1. The quantitative estimate of drug-likeness (QED) is 0.803. The second-order valence-electron chi connectivity index (χ2n) is 5.17. The summed E-state index contributed by atoms with van der Waals surface area (Å²) in [5, 5.41) is 7.10. The van der Waals surface area contributed by atoms with Gasteiger partial charge >= 0.3 is 0 Å². The number of benzene rings is 2. The van der Waals surface area contributed by atoms with Gasteiger partial charge < -0.3 is 5.32 Å². The molecule has 1 heterocycles. The van der Waals surface area contributed by atoms with Crippen LogP contribution in [0.2, 0.25) is 0 Å². The van der Waals surface area contributed by atoms with E-state index >= 15 is 0 Å². The summed E-state index contributed by atoms with van der Waals surface area (Å²) in [7, 11) is 0. The molecule has 0 radical (unpaired) electrons. The van der Waals surface area contributed by atoms with Crippen molar-refractivity contribution in [3.63, 3.8) is 0 Å². The number of amides is 1. The lowest BCUT2D eigenvalue weighted by molar-refractivity contribution is 0.0951. The first kappa shape index (κ1) is 14.1. The highest BCUT2D eigenvalue weighted by Crippen LogP contribution is 2.09. The van der Waals surface area contributed by atoms with Crippen molar-refractivity contribution < 1.29 is 4.79 Å². The van der Waals surface area contributed by atoms with Gasteiger partial charge in [-0.15, -0.1) is 0 Å². The smallest absolute Gasteiger partial charge is 0.251 e. The first-order chi connectivity index (χ1) is 10.7. The molecule has 4 nitrogen and oxygen atoms in total. The number of aromatic nitrogens is 2. The summed E-state index contributed by atoms with van der Waals surface area (Å²) in [5.41, 5.74) is 3.86. The second kappa shape index (κ2) is 6.26. The van der Waals surface area contributed by atoms with Gasteiger partial charge in [0.15, 0.2) is 0 Å². The van der Waals surface area contributed by atoms with Crippen molar-refractivity contribution in [2.24, 2.45) is 0 Å². The van der Waals surface area contributed by atoms with Gasteiger partial charge in [0.05, 0.1) is 5.69 Å². The number of aryl methyl sites for hydroxylation is 1. The summed E-state index contributed by atoms with van der Waals surface area (Å²) in [6.45, 7) is 2.57. The van der Waals surface area contributed by atoms with Crippen LogP contribution in [0, 0.1) is 6.92 Å². The van der Waals surface area contributed by atoms with Crippen molar-refractivity contribution >= 4 is 5.91 Å². The Morgan fingerprint density at radius 1 is 1.14 bits per heavy atom. The van der Waals surface area contributed by atoms with Crippen molar-refractivity contribution in [1.82, 2.24) is 15.1 Å². The predicted molar refractivity (Wildman–Crippen MR) is 85.9 cm³/mol. The summed E-state index contributed by atoms with van der Waals surface area (Å²) >= 11 is 0. The minimum atomic E-state index is -0.0754. The Labute approximate surface area is 129 Å². The zero-order valence-electron chi connectivity index (χ0n) is 12.4. The highest BCUT2D eigenvalue weighted by molar-refractivity contribution is 5.94. The number of hydrogen-bond donors (Lipinski definition) is 1. The predicted octanol–water partition coefficient (Wildman–Crippen LogP) is 3.11. The summed E-state index contributed by atoms with van der Waals surface area (Å²) in [6.07, 6.45) is 3.59. The molecule has 0 spiro atoms. The fourth-order valence-corrected chi connectivity index (χ4v) is 2.29. The van der Waals surface area contributed by atoms with E-state index in [-0.39, 0.29) is 5.91 Å². The van der Waals surface area contributed by atoms with Gasteiger partial charge in [-0.1, -0.05) is 29.8 Å². The Bertz CT molecular complexity index is 761. The normalized spacial score (nSPS) is 10.4. The molecular weight excluding hydrogens is 274 g/mol. The molecule has 0 aliphatic rings. The standard InChI is InChI=1S/C18H17N3O/c1-14-4-2-5-15(12-14)13-19-18(22)16-6-8-17(9-7-16)21-11-3-10-20-21/h2-12H,13H2,1H3,(H,19,22). The summed E-state index contributed by atoms with van der Waals surface area (Å²) < 4.78 is 1.76. The van der Waals surface area contributed by atoms with E-state index in [9.17, 15) is 4.79 Å². The van der Waals surface area contributed by atoms with E-state index in [2.05, 4.69) is 16.5 Å². The Balaban J connectivity index is 1.65. The van der Waals surface area contributed by atoms with E-state index in [1.165, 1.54) is 5.56 Å². The molecule has 0 unspecified atom stereocenters. The zero-order valence-corrected chi connectivity index (χ0v) is 12.4.